The summed E-state index contributed by atoms with van der Waals surface area (Å²) in [6.07, 6.45) is 2.07. The van der Waals surface area contributed by atoms with Crippen LogP contribution in [-0.4, -0.2) is 7.85 Å². The summed E-state index contributed by atoms with van der Waals surface area (Å²) in [5.41, 5.74) is 5.33. The molecule has 3 atom stereocenters. The van der Waals surface area contributed by atoms with Gasteiger partial charge in [-0.25, -0.2) is 4.39 Å². The monoisotopic (exact) mass is 280 g/mol. The Labute approximate surface area is 127 Å². The van der Waals surface area contributed by atoms with E-state index in [4.69, 9.17) is 0 Å². The van der Waals surface area contributed by atoms with E-state index < -0.39 is 0 Å². The van der Waals surface area contributed by atoms with Crippen molar-refractivity contribution < 1.29 is 4.39 Å². The van der Waals surface area contributed by atoms with Crippen LogP contribution in [0.15, 0.2) is 42.5 Å². The van der Waals surface area contributed by atoms with Crippen LogP contribution in [0.25, 0.3) is 0 Å². The van der Waals surface area contributed by atoms with E-state index in [9.17, 15) is 4.39 Å². The van der Waals surface area contributed by atoms with E-state index in [2.05, 4.69) is 46.0 Å². The quantitative estimate of drug-likeness (QED) is 0.713. The van der Waals surface area contributed by atoms with Crippen molar-refractivity contribution in [2.24, 2.45) is 0 Å². The van der Waals surface area contributed by atoms with Gasteiger partial charge in [0.2, 0.25) is 0 Å². The molecule has 0 aromatic heterocycles. The van der Waals surface area contributed by atoms with E-state index in [0.29, 0.717) is 17.7 Å². The zero-order valence-electron chi connectivity index (χ0n) is 13.1. The number of rotatable bonds is 2. The molecule has 0 nitrogen and oxygen atoms in total. The molecule has 2 aromatic carbocycles. The van der Waals surface area contributed by atoms with E-state index in [1.165, 1.54) is 22.3 Å². The van der Waals surface area contributed by atoms with Crippen molar-refractivity contribution in [3.63, 3.8) is 0 Å². The molecule has 0 bridgehead atoms. The summed E-state index contributed by atoms with van der Waals surface area (Å²) >= 11 is 0. The largest absolute Gasteiger partial charge is 0.207 e. The van der Waals surface area contributed by atoms with Crippen molar-refractivity contribution in [2.45, 2.75) is 44.3 Å². The van der Waals surface area contributed by atoms with Crippen LogP contribution < -0.4 is 0 Å². The second-order valence-electron chi connectivity index (χ2n) is 6.74. The Morgan fingerprint density at radius 1 is 1.14 bits per heavy atom. The molecule has 2 aromatic rings. The Kier molecular flexibility index (Phi) is 3.88. The molecule has 1 aliphatic rings. The van der Waals surface area contributed by atoms with Crippen molar-refractivity contribution in [3.8, 4) is 0 Å². The van der Waals surface area contributed by atoms with Crippen molar-refractivity contribution in [1.29, 1.82) is 0 Å². The van der Waals surface area contributed by atoms with E-state index >= 15 is 0 Å². The Morgan fingerprint density at radius 3 is 2.62 bits per heavy atom. The summed E-state index contributed by atoms with van der Waals surface area (Å²) in [7, 11) is 2.27. The molecule has 0 aliphatic heterocycles. The first-order valence-corrected chi connectivity index (χ1v) is 7.92. The molecule has 108 valence electrons. The predicted molar refractivity (Wildman–Crippen MR) is 89.4 cm³/mol. The molecule has 0 radical (unpaired) electrons. The van der Waals surface area contributed by atoms with E-state index in [1.807, 2.05) is 6.07 Å². The molecular weight excluding hydrogens is 258 g/mol. The molecule has 3 rings (SSSR count). The Balaban J connectivity index is 2.15. The third kappa shape index (κ3) is 2.77. The smallest absolute Gasteiger partial charge is 0.123 e. The molecule has 0 saturated heterocycles. The Bertz CT molecular complexity index is 648. The molecule has 0 fully saturated rings. The summed E-state index contributed by atoms with van der Waals surface area (Å²) in [6.45, 7) is 4.53. The fraction of sp³-hybridized carbons (Fsp3) is 0.368. The van der Waals surface area contributed by atoms with Gasteiger partial charge in [0.1, 0.15) is 13.7 Å². The van der Waals surface area contributed by atoms with E-state index in [-0.39, 0.29) is 5.82 Å². The second-order valence-corrected chi connectivity index (χ2v) is 6.74. The van der Waals surface area contributed by atoms with Gasteiger partial charge in [0, 0.05) is 0 Å². The standard InChI is InChI=1S/C19H22BF/c1-12(20)9-19-13(2)18-11-16(21)8-7-15(18)10-14-5-3-4-6-17(14)19/h3-8,11-13,19H,9-10,20H2,1-2H3/t12-,13?,19-/m0/s1. The first kappa shape index (κ1) is 14.4. The third-order valence-corrected chi connectivity index (χ3v) is 4.76. The van der Waals surface area contributed by atoms with Crippen LogP contribution in [0.5, 0.6) is 0 Å². The number of hydrogen-bond donors (Lipinski definition) is 0. The molecular formula is C19H22BF. The van der Waals surface area contributed by atoms with Crippen LogP contribution in [0, 0.1) is 5.82 Å². The number of halogens is 1. The molecule has 1 unspecified atom stereocenters. The number of hydrogen-bond acceptors (Lipinski definition) is 0. The topological polar surface area (TPSA) is 0 Å². The minimum absolute atomic E-state index is 0.116. The molecule has 0 spiro atoms. The summed E-state index contributed by atoms with van der Waals surface area (Å²) in [4.78, 5) is 0. The molecule has 0 saturated carbocycles. The van der Waals surface area contributed by atoms with Crippen LogP contribution >= 0.6 is 0 Å². The highest BCUT2D eigenvalue weighted by molar-refractivity contribution is 6.11. The summed E-state index contributed by atoms with van der Waals surface area (Å²) < 4.78 is 13.7. The number of fused-ring (bicyclic) bond motifs is 2. The second kappa shape index (κ2) is 5.67. The minimum Gasteiger partial charge on any atom is -0.207 e. The summed E-state index contributed by atoms with van der Waals surface area (Å²) in [5.74, 6) is 1.36. The maximum atomic E-state index is 13.7. The van der Waals surface area contributed by atoms with Crippen molar-refractivity contribution >= 4 is 7.85 Å². The van der Waals surface area contributed by atoms with Gasteiger partial charge in [-0.3, -0.25) is 0 Å². The van der Waals surface area contributed by atoms with Crippen LogP contribution in [0.3, 0.4) is 0 Å². The zero-order chi connectivity index (χ0) is 15.0. The molecule has 0 N–H and O–H groups in total. The summed E-state index contributed by atoms with van der Waals surface area (Å²) in [5, 5.41) is 0. The zero-order valence-corrected chi connectivity index (χ0v) is 13.1. The van der Waals surface area contributed by atoms with Crippen LogP contribution in [0.1, 0.15) is 54.4 Å². The summed E-state index contributed by atoms with van der Waals surface area (Å²) in [6, 6.07) is 14.1. The fourth-order valence-electron chi connectivity index (χ4n) is 3.74. The molecule has 1 aliphatic carbocycles. The average Bonchev–Trinajstić information content (AvgIpc) is 2.56. The Hall–Kier alpha value is -1.57. The lowest BCUT2D eigenvalue weighted by Crippen LogP contribution is -2.11. The van der Waals surface area contributed by atoms with Crippen molar-refractivity contribution in [3.05, 3.63) is 70.5 Å². The first-order valence-electron chi connectivity index (χ1n) is 7.92. The van der Waals surface area contributed by atoms with Crippen LogP contribution in [-0.2, 0) is 6.42 Å². The molecule has 21 heavy (non-hydrogen) atoms. The average molecular weight is 280 g/mol. The van der Waals surface area contributed by atoms with Gasteiger partial charge in [0.05, 0.1) is 0 Å². The SMILES string of the molecule is B[C@@H](C)C[C@@H]1c2ccccc2Cc2ccc(F)cc2C1C. The van der Waals surface area contributed by atoms with Gasteiger partial charge in [-0.1, -0.05) is 56.4 Å². The van der Waals surface area contributed by atoms with Crippen molar-refractivity contribution in [2.75, 3.05) is 0 Å². The van der Waals surface area contributed by atoms with Gasteiger partial charge in [-0.05, 0) is 52.6 Å². The van der Waals surface area contributed by atoms with Crippen molar-refractivity contribution in [1.82, 2.24) is 0 Å². The molecule has 0 amide bonds. The van der Waals surface area contributed by atoms with Gasteiger partial charge in [-0.2, -0.15) is 0 Å². The highest BCUT2D eigenvalue weighted by Gasteiger charge is 2.28. The maximum Gasteiger partial charge on any atom is 0.123 e. The van der Waals surface area contributed by atoms with Crippen LogP contribution in [0.4, 0.5) is 4.39 Å². The normalized spacial score (nSPS) is 22.0. The highest BCUT2D eigenvalue weighted by atomic mass is 19.1. The number of benzene rings is 2. The third-order valence-electron chi connectivity index (χ3n) is 4.76. The van der Waals surface area contributed by atoms with Gasteiger partial charge in [0.25, 0.3) is 0 Å². The van der Waals surface area contributed by atoms with Gasteiger partial charge >= 0.3 is 0 Å². The minimum atomic E-state index is -0.116. The molecule has 2 heteroatoms. The lowest BCUT2D eigenvalue weighted by Gasteiger charge is -2.26. The van der Waals surface area contributed by atoms with Gasteiger partial charge < -0.3 is 0 Å². The van der Waals surface area contributed by atoms with Crippen LogP contribution in [0.2, 0.25) is 5.82 Å². The fourth-order valence-corrected chi connectivity index (χ4v) is 3.74. The van der Waals surface area contributed by atoms with E-state index in [1.54, 1.807) is 12.1 Å². The molecule has 0 heterocycles. The predicted octanol–water partition coefficient (Wildman–Crippen LogP) is 4.45. The first-order chi connectivity index (χ1) is 10.1. The lowest BCUT2D eigenvalue weighted by atomic mass is 9.73. The van der Waals surface area contributed by atoms with Gasteiger partial charge in [0.15, 0.2) is 0 Å². The highest BCUT2D eigenvalue weighted by Crippen LogP contribution is 2.44. The van der Waals surface area contributed by atoms with E-state index in [0.717, 1.165) is 12.8 Å². The lowest BCUT2D eigenvalue weighted by molar-refractivity contribution is 0.526. The van der Waals surface area contributed by atoms with Gasteiger partial charge in [-0.15, -0.1) is 0 Å². The maximum absolute atomic E-state index is 13.7. The Morgan fingerprint density at radius 2 is 1.86 bits per heavy atom.